The van der Waals surface area contributed by atoms with E-state index in [1.54, 1.807) is 17.1 Å². The predicted molar refractivity (Wildman–Crippen MR) is 121 cm³/mol. The lowest BCUT2D eigenvalue weighted by Crippen LogP contribution is -2.38. The van der Waals surface area contributed by atoms with E-state index in [4.69, 9.17) is 21.0 Å². The van der Waals surface area contributed by atoms with Gasteiger partial charge in [-0.15, -0.1) is 0 Å². The zero-order chi connectivity index (χ0) is 22.0. The minimum absolute atomic E-state index is 0.232. The van der Waals surface area contributed by atoms with Gasteiger partial charge in [0.1, 0.15) is 5.82 Å². The number of hydrogen-bond donors (Lipinski definition) is 2. The molecule has 1 aliphatic carbocycles. The maximum atomic E-state index is 5.78. The summed E-state index contributed by atoms with van der Waals surface area (Å²) in [6.45, 7) is 5.78. The number of benzene rings is 1. The van der Waals surface area contributed by atoms with Crippen LogP contribution in [-0.2, 0) is 12.5 Å². The Morgan fingerprint density at radius 1 is 1.32 bits per heavy atom. The van der Waals surface area contributed by atoms with Crippen LogP contribution in [0.4, 0.5) is 0 Å². The molecule has 0 amide bonds. The third-order valence-electron chi connectivity index (χ3n) is 6.13. The minimum atomic E-state index is -0.354. The van der Waals surface area contributed by atoms with Crippen molar-refractivity contribution >= 4 is 11.8 Å². The first-order chi connectivity index (χ1) is 14.9. The van der Waals surface area contributed by atoms with Gasteiger partial charge in [-0.05, 0) is 36.8 Å². The zero-order valence-corrected chi connectivity index (χ0v) is 17.8. The molecular weight excluding hydrogens is 390 g/mol. The van der Waals surface area contributed by atoms with Gasteiger partial charge in [-0.2, -0.15) is 10.1 Å². The highest BCUT2D eigenvalue weighted by Crippen LogP contribution is 2.47. The largest absolute Gasteiger partial charge is 0.404 e. The molecule has 0 spiro atoms. The van der Waals surface area contributed by atoms with E-state index in [-0.39, 0.29) is 11.2 Å². The van der Waals surface area contributed by atoms with Gasteiger partial charge in [0, 0.05) is 31.2 Å². The second kappa shape index (κ2) is 8.22. The maximum absolute atomic E-state index is 5.78. The highest BCUT2D eigenvalue weighted by atomic mass is 16.5. The van der Waals surface area contributed by atoms with Gasteiger partial charge in [-0.25, -0.2) is 4.99 Å². The summed E-state index contributed by atoms with van der Waals surface area (Å²) in [5, 5.41) is 8.57. The number of nitrogens with two attached hydrogens (primary N) is 2. The highest BCUT2D eigenvalue weighted by Gasteiger charge is 2.44. The van der Waals surface area contributed by atoms with Gasteiger partial charge >= 0.3 is 0 Å². The van der Waals surface area contributed by atoms with Crippen molar-refractivity contribution in [2.75, 3.05) is 0 Å². The summed E-state index contributed by atoms with van der Waals surface area (Å²) in [5.74, 6) is 1.86. The van der Waals surface area contributed by atoms with Crippen LogP contribution in [0, 0.1) is 5.92 Å². The van der Waals surface area contributed by atoms with Gasteiger partial charge in [0.05, 0.1) is 17.2 Å². The van der Waals surface area contributed by atoms with Crippen molar-refractivity contribution in [3.63, 3.8) is 0 Å². The van der Waals surface area contributed by atoms with Crippen LogP contribution < -0.4 is 11.5 Å². The van der Waals surface area contributed by atoms with Crippen LogP contribution in [0.15, 0.2) is 64.8 Å². The van der Waals surface area contributed by atoms with E-state index in [0.717, 1.165) is 35.1 Å². The van der Waals surface area contributed by atoms with Crippen molar-refractivity contribution < 1.29 is 4.52 Å². The second-order valence-electron chi connectivity index (χ2n) is 8.10. The molecule has 0 radical (unpaired) electrons. The minimum Gasteiger partial charge on any atom is -0.404 e. The summed E-state index contributed by atoms with van der Waals surface area (Å²) < 4.78 is 7.32. The molecule has 3 aromatic rings. The first kappa shape index (κ1) is 20.6. The van der Waals surface area contributed by atoms with Crippen molar-refractivity contribution in [1.82, 2.24) is 19.9 Å². The Bertz CT molecular complexity index is 1130. The molecule has 2 aromatic heterocycles. The van der Waals surface area contributed by atoms with Crippen LogP contribution in [0.2, 0.25) is 0 Å². The number of nitrogens with zero attached hydrogens (tertiary/aromatic N) is 5. The van der Waals surface area contributed by atoms with Crippen LogP contribution in [0.5, 0.6) is 0 Å². The Labute approximate surface area is 181 Å². The number of aromatic nitrogens is 4. The van der Waals surface area contributed by atoms with Gasteiger partial charge in [0.25, 0.3) is 5.89 Å². The van der Waals surface area contributed by atoms with Gasteiger partial charge < -0.3 is 16.0 Å². The van der Waals surface area contributed by atoms with E-state index in [9.17, 15) is 0 Å². The molecule has 1 aromatic carbocycles. The molecule has 1 unspecified atom stereocenters. The molecule has 4 rings (SSSR count). The number of hydrogen-bond acceptors (Lipinski definition) is 7. The van der Waals surface area contributed by atoms with Gasteiger partial charge in [-0.3, -0.25) is 4.68 Å². The van der Waals surface area contributed by atoms with E-state index in [2.05, 4.69) is 40.9 Å². The molecule has 0 aliphatic heterocycles. The van der Waals surface area contributed by atoms with Crippen molar-refractivity contribution in [1.29, 1.82) is 0 Å². The average molecular weight is 418 g/mol. The van der Waals surface area contributed by atoms with Crippen LogP contribution >= 0.6 is 0 Å². The predicted octanol–water partition coefficient (Wildman–Crippen LogP) is 3.38. The average Bonchev–Trinajstić information content (AvgIpc) is 3.36. The third kappa shape index (κ3) is 3.88. The molecule has 0 bridgehead atoms. The Balaban J connectivity index is 1.68. The van der Waals surface area contributed by atoms with Crippen molar-refractivity contribution in [2.45, 2.75) is 31.6 Å². The lowest BCUT2D eigenvalue weighted by molar-refractivity contribution is 0.199. The molecule has 31 heavy (non-hydrogen) atoms. The molecule has 1 atom stereocenters. The van der Waals surface area contributed by atoms with Crippen LogP contribution in [0.1, 0.15) is 43.1 Å². The normalized spacial score (nSPS) is 16.9. The summed E-state index contributed by atoms with van der Waals surface area (Å²) in [5.41, 5.74) is 14.6. The highest BCUT2D eigenvalue weighted by molar-refractivity contribution is 6.09. The van der Waals surface area contributed by atoms with Gasteiger partial charge in [0.2, 0.25) is 0 Å². The molecule has 1 aliphatic rings. The van der Waals surface area contributed by atoms with Crippen molar-refractivity contribution in [3.05, 3.63) is 72.2 Å². The Kier molecular flexibility index (Phi) is 5.46. The van der Waals surface area contributed by atoms with Crippen molar-refractivity contribution in [3.8, 4) is 11.5 Å². The molecule has 4 N–H and O–H groups in total. The number of aliphatic imine (C=N–C) groups is 1. The summed E-state index contributed by atoms with van der Waals surface area (Å²) in [4.78, 5) is 8.81. The maximum Gasteiger partial charge on any atom is 0.261 e. The van der Waals surface area contributed by atoms with Crippen LogP contribution in [-0.4, -0.2) is 26.1 Å². The molecule has 8 heteroatoms. The molecule has 160 valence electrons. The van der Waals surface area contributed by atoms with E-state index in [0.29, 0.717) is 17.6 Å². The van der Waals surface area contributed by atoms with E-state index < -0.39 is 0 Å². The van der Waals surface area contributed by atoms with Crippen LogP contribution in [0.25, 0.3) is 17.0 Å². The fourth-order valence-corrected chi connectivity index (χ4v) is 3.99. The molecule has 2 heterocycles. The van der Waals surface area contributed by atoms with E-state index in [1.807, 2.05) is 25.4 Å². The monoisotopic (exact) mass is 417 g/mol. The second-order valence-corrected chi connectivity index (χ2v) is 8.10. The Morgan fingerprint density at radius 3 is 2.61 bits per heavy atom. The Morgan fingerprint density at radius 2 is 2.06 bits per heavy atom. The molecule has 0 saturated heterocycles. The molecule has 1 saturated carbocycles. The summed E-state index contributed by atoms with van der Waals surface area (Å²) >= 11 is 0. The van der Waals surface area contributed by atoms with Crippen molar-refractivity contribution in [2.24, 2.45) is 29.4 Å². The standard InChI is InChI=1S/C23H27N7O/c1-15(25)26-12-17(11-24)16-7-9-20(10-8-16)23(2,19-5-4-6-19)22-28-21(31-29-22)18-13-27-30(3)14-18/h7-14,19H,1,4-6,24-25H2,2-3H3/b17-11+,26-12?. The lowest BCUT2D eigenvalue weighted by atomic mass is 9.62. The summed E-state index contributed by atoms with van der Waals surface area (Å²) in [6.07, 6.45) is 10.2. The summed E-state index contributed by atoms with van der Waals surface area (Å²) in [7, 11) is 1.86. The number of rotatable bonds is 7. The first-order valence-corrected chi connectivity index (χ1v) is 10.3. The fourth-order valence-electron chi connectivity index (χ4n) is 3.99. The zero-order valence-electron chi connectivity index (χ0n) is 17.8. The smallest absolute Gasteiger partial charge is 0.261 e. The molecule has 8 nitrogen and oxygen atoms in total. The molecular formula is C23H27N7O. The molecule has 1 fully saturated rings. The van der Waals surface area contributed by atoms with Crippen LogP contribution in [0.3, 0.4) is 0 Å². The number of allylic oxidation sites excluding steroid dienone is 1. The van der Waals surface area contributed by atoms with Gasteiger partial charge in [0.15, 0.2) is 5.82 Å². The topological polar surface area (TPSA) is 121 Å². The number of aryl methyl sites for hydroxylation is 1. The SMILES string of the molecule is C=C(N)N=C/C(=C\N)c1ccc(C(C)(c2noc(-c3cnn(C)c3)n2)C2CCC2)cc1. The van der Waals surface area contributed by atoms with E-state index in [1.165, 1.54) is 12.6 Å². The quantitative estimate of drug-likeness (QED) is 0.569. The van der Waals surface area contributed by atoms with E-state index >= 15 is 0 Å². The summed E-state index contributed by atoms with van der Waals surface area (Å²) in [6, 6.07) is 8.25. The Hall–Kier alpha value is -3.68. The lowest BCUT2D eigenvalue weighted by Gasteiger charge is -2.41. The fraction of sp³-hybridized carbons (Fsp3) is 0.304. The first-order valence-electron chi connectivity index (χ1n) is 10.3. The van der Waals surface area contributed by atoms with Gasteiger partial charge in [-0.1, -0.05) is 42.4 Å². The third-order valence-corrected chi connectivity index (χ3v) is 6.13.